The van der Waals surface area contributed by atoms with Crippen molar-refractivity contribution in [1.29, 1.82) is 0 Å². The number of aryl methyl sites for hydroxylation is 1. The van der Waals surface area contributed by atoms with Crippen LogP contribution in [0.1, 0.15) is 68.1 Å². The molecule has 0 radical (unpaired) electrons. The second-order valence-electron chi connectivity index (χ2n) is 4.93. The summed E-state index contributed by atoms with van der Waals surface area (Å²) in [4.78, 5) is 0. The Morgan fingerprint density at radius 1 is 1.06 bits per heavy atom. The molecule has 0 aliphatic heterocycles. The van der Waals surface area contributed by atoms with E-state index in [9.17, 15) is 5.11 Å². The van der Waals surface area contributed by atoms with E-state index >= 15 is 0 Å². The van der Waals surface area contributed by atoms with E-state index in [2.05, 4.69) is 17.1 Å². The van der Waals surface area contributed by atoms with E-state index in [0.29, 0.717) is 0 Å². The zero-order chi connectivity index (χ0) is 12.3. The zero-order valence-corrected chi connectivity index (χ0v) is 10.9. The van der Waals surface area contributed by atoms with Crippen molar-refractivity contribution in [3.8, 4) is 0 Å². The van der Waals surface area contributed by atoms with Crippen molar-refractivity contribution in [1.82, 2.24) is 10.2 Å². The predicted octanol–water partition coefficient (Wildman–Crippen LogP) is 2.75. The van der Waals surface area contributed by atoms with Gasteiger partial charge in [-0.3, -0.25) is 0 Å². The van der Waals surface area contributed by atoms with E-state index < -0.39 is 6.10 Å². The van der Waals surface area contributed by atoms with Crippen LogP contribution in [0.3, 0.4) is 0 Å². The second kappa shape index (κ2) is 5.58. The molecule has 1 aliphatic carbocycles. The van der Waals surface area contributed by atoms with Crippen LogP contribution < -0.4 is 0 Å². The summed E-state index contributed by atoms with van der Waals surface area (Å²) >= 11 is 0. The summed E-state index contributed by atoms with van der Waals surface area (Å²) in [5.41, 5.74) is 4.59. The molecule has 1 unspecified atom stereocenters. The fourth-order valence-corrected chi connectivity index (χ4v) is 2.71. The summed E-state index contributed by atoms with van der Waals surface area (Å²) in [6.45, 7) is 3.92. The van der Waals surface area contributed by atoms with Gasteiger partial charge in [0.1, 0.15) is 0 Å². The Morgan fingerprint density at radius 3 is 2.29 bits per heavy atom. The highest BCUT2D eigenvalue weighted by Gasteiger charge is 2.19. The molecule has 0 aromatic carbocycles. The molecule has 0 amide bonds. The van der Waals surface area contributed by atoms with E-state index in [4.69, 9.17) is 0 Å². The minimum Gasteiger partial charge on any atom is -0.387 e. The number of hydrogen-bond donors (Lipinski definition) is 1. The molecule has 1 atom stereocenters. The first-order valence-electron chi connectivity index (χ1n) is 6.79. The van der Waals surface area contributed by atoms with Gasteiger partial charge in [-0.25, -0.2) is 0 Å². The van der Waals surface area contributed by atoms with Gasteiger partial charge in [0.05, 0.1) is 17.5 Å². The summed E-state index contributed by atoms with van der Waals surface area (Å²) in [5, 5.41) is 18.3. The standard InChI is InChI=1S/C14H22N2O/c1-3-13-11-8-6-4-5-7-9-12(11)14(10(2)17)16-15-13/h10,17H,3-9H2,1-2H3. The van der Waals surface area contributed by atoms with Crippen LogP contribution >= 0.6 is 0 Å². The van der Waals surface area contributed by atoms with Crippen molar-refractivity contribution < 1.29 is 5.11 Å². The molecule has 0 spiro atoms. The summed E-state index contributed by atoms with van der Waals surface area (Å²) in [5.74, 6) is 0. The lowest BCUT2D eigenvalue weighted by Crippen LogP contribution is -2.13. The van der Waals surface area contributed by atoms with Gasteiger partial charge in [0, 0.05) is 0 Å². The van der Waals surface area contributed by atoms with E-state index in [1.165, 1.54) is 36.8 Å². The summed E-state index contributed by atoms with van der Waals surface area (Å²) in [7, 11) is 0. The van der Waals surface area contributed by atoms with Gasteiger partial charge in [0.2, 0.25) is 0 Å². The Morgan fingerprint density at radius 2 is 1.71 bits per heavy atom. The van der Waals surface area contributed by atoms with Crippen molar-refractivity contribution in [3.05, 3.63) is 22.5 Å². The Kier molecular flexibility index (Phi) is 4.11. The summed E-state index contributed by atoms with van der Waals surface area (Å²) in [6, 6.07) is 0. The average Bonchev–Trinajstić information content (AvgIpc) is 2.28. The third kappa shape index (κ3) is 2.65. The number of nitrogens with zero attached hydrogens (tertiary/aromatic N) is 2. The van der Waals surface area contributed by atoms with Crippen molar-refractivity contribution in [3.63, 3.8) is 0 Å². The fourth-order valence-electron chi connectivity index (χ4n) is 2.71. The molecule has 3 nitrogen and oxygen atoms in total. The van der Waals surface area contributed by atoms with E-state index in [1.54, 1.807) is 6.92 Å². The molecule has 0 fully saturated rings. The summed E-state index contributed by atoms with van der Waals surface area (Å²) < 4.78 is 0. The van der Waals surface area contributed by atoms with E-state index in [-0.39, 0.29) is 0 Å². The Labute approximate surface area is 103 Å². The monoisotopic (exact) mass is 234 g/mol. The van der Waals surface area contributed by atoms with Crippen molar-refractivity contribution in [2.24, 2.45) is 0 Å². The lowest BCUT2D eigenvalue weighted by Gasteiger charge is -2.19. The van der Waals surface area contributed by atoms with Gasteiger partial charge in [0.25, 0.3) is 0 Å². The maximum absolute atomic E-state index is 9.80. The third-order valence-electron chi connectivity index (χ3n) is 3.63. The number of aliphatic hydroxyl groups is 1. The van der Waals surface area contributed by atoms with Gasteiger partial charge < -0.3 is 5.11 Å². The lowest BCUT2D eigenvalue weighted by atomic mass is 9.90. The SMILES string of the molecule is CCc1nnc(C(C)O)c2c1CCCCCC2. The van der Waals surface area contributed by atoms with Crippen LogP contribution in [0.15, 0.2) is 0 Å². The van der Waals surface area contributed by atoms with Crippen LogP contribution in [0.5, 0.6) is 0 Å². The maximum atomic E-state index is 9.80. The molecule has 0 saturated heterocycles. The van der Waals surface area contributed by atoms with Crippen LogP contribution in [0, 0.1) is 0 Å². The molecule has 17 heavy (non-hydrogen) atoms. The Bertz CT molecular complexity index is 388. The van der Waals surface area contributed by atoms with Gasteiger partial charge in [-0.2, -0.15) is 10.2 Å². The van der Waals surface area contributed by atoms with Crippen molar-refractivity contribution >= 4 is 0 Å². The molecular formula is C14H22N2O. The largest absolute Gasteiger partial charge is 0.387 e. The van der Waals surface area contributed by atoms with Gasteiger partial charge in [0.15, 0.2) is 0 Å². The van der Waals surface area contributed by atoms with Crippen molar-refractivity contribution in [2.45, 2.75) is 64.9 Å². The van der Waals surface area contributed by atoms with Gasteiger partial charge >= 0.3 is 0 Å². The first-order chi connectivity index (χ1) is 8.24. The number of aliphatic hydroxyl groups excluding tert-OH is 1. The van der Waals surface area contributed by atoms with Crippen molar-refractivity contribution in [2.75, 3.05) is 0 Å². The topological polar surface area (TPSA) is 46.0 Å². The van der Waals surface area contributed by atoms with Gasteiger partial charge in [-0.1, -0.05) is 19.8 Å². The summed E-state index contributed by atoms with van der Waals surface area (Å²) in [6.07, 6.45) is 7.66. The normalized spacial score (nSPS) is 18.1. The molecular weight excluding hydrogens is 212 g/mol. The molecule has 1 heterocycles. The minimum atomic E-state index is -0.499. The van der Waals surface area contributed by atoms with Crippen LogP contribution in [0.4, 0.5) is 0 Å². The third-order valence-corrected chi connectivity index (χ3v) is 3.63. The smallest absolute Gasteiger partial charge is 0.0953 e. The minimum absolute atomic E-state index is 0.499. The molecule has 0 bridgehead atoms. The van der Waals surface area contributed by atoms with E-state index in [1.807, 2.05) is 0 Å². The predicted molar refractivity (Wildman–Crippen MR) is 67.9 cm³/mol. The number of aromatic nitrogens is 2. The molecule has 0 saturated carbocycles. The first kappa shape index (κ1) is 12.5. The quantitative estimate of drug-likeness (QED) is 0.856. The molecule has 1 aromatic heterocycles. The second-order valence-corrected chi connectivity index (χ2v) is 4.93. The number of hydrogen-bond acceptors (Lipinski definition) is 3. The molecule has 1 aliphatic rings. The molecule has 3 heteroatoms. The van der Waals surface area contributed by atoms with Crippen LogP contribution in [-0.4, -0.2) is 15.3 Å². The maximum Gasteiger partial charge on any atom is 0.0953 e. The van der Waals surface area contributed by atoms with Crippen LogP contribution in [0.25, 0.3) is 0 Å². The highest BCUT2D eigenvalue weighted by molar-refractivity contribution is 5.35. The highest BCUT2D eigenvalue weighted by Crippen LogP contribution is 2.27. The van der Waals surface area contributed by atoms with Crippen LogP contribution in [-0.2, 0) is 19.3 Å². The average molecular weight is 234 g/mol. The molecule has 2 rings (SSSR count). The molecule has 1 N–H and O–H groups in total. The zero-order valence-electron chi connectivity index (χ0n) is 10.9. The molecule has 1 aromatic rings. The first-order valence-corrected chi connectivity index (χ1v) is 6.79. The van der Waals surface area contributed by atoms with Gasteiger partial charge in [-0.05, 0) is 50.2 Å². The van der Waals surface area contributed by atoms with Crippen LogP contribution in [0.2, 0.25) is 0 Å². The van der Waals surface area contributed by atoms with Gasteiger partial charge in [-0.15, -0.1) is 0 Å². The fraction of sp³-hybridized carbons (Fsp3) is 0.714. The number of fused-ring (bicyclic) bond motifs is 1. The lowest BCUT2D eigenvalue weighted by molar-refractivity contribution is 0.191. The Balaban J connectivity index is 2.48. The van der Waals surface area contributed by atoms with E-state index in [0.717, 1.165) is 30.7 Å². The molecule has 94 valence electrons. The number of rotatable bonds is 2. The Hall–Kier alpha value is -0.960. The highest BCUT2D eigenvalue weighted by atomic mass is 16.3.